The van der Waals surface area contributed by atoms with Crippen LogP contribution in [0.5, 0.6) is 5.75 Å². The van der Waals surface area contributed by atoms with Crippen LogP contribution < -0.4 is 9.64 Å². The van der Waals surface area contributed by atoms with E-state index in [1.54, 1.807) is 13.3 Å². The van der Waals surface area contributed by atoms with Gasteiger partial charge in [0.2, 0.25) is 5.91 Å². The topological polar surface area (TPSA) is 119 Å². The lowest BCUT2D eigenvalue weighted by Gasteiger charge is -2.55. The van der Waals surface area contributed by atoms with Gasteiger partial charge < -0.3 is 14.6 Å². The molecule has 256 valence electrons. The highest BCUT2D eigenvalue weighted by molar-refractivity contribution is 5.98. The fourth-order valence-electron chi connectivity index (χ4n) is 8.09. The largest absolute Gasteiger partial charge is 0.496 e. The highest BCUT2D eigenvalue weighted by Gasteiger charge is 2.50. The third-order valence-electron chi connectivity index (χ3n) is 11.1. The molecule has 3 aromatic rings. The molecule has 2 bridgehead atoms. The van der Waals surface area contributed by atoms with Crippen LogP contribution in [0.25, 0.3) is 11.1 Å². The number of anilines is 1. The number of carbonyl (C=O) groups is 2. The third kappa shape index (κ3) is 7.04. The molecule has 0 spiro atoms. The van der Waals surface area contributed by atoms with Crippen molar-refractivity contribution < 1.29 is 24.2 Å². The second kappa shape index (κ2) is 14.2. The van der Waals surface area contributed by atoms with Gasteiger partial charge in [-0.25, -0.2) is 9.78 Å². The molecule has 2 aromatic heterocycles. The number of aliphatic hydroxyl groups is 1. The predicted octanol–water partition coefficient (Wildman–Crippen LogP) is 7.23. The molecule has 48 heavy (non-hydrogen) atoms. The molecule has 10 heteroatoms. The van der Waals surface area contributed by atoms with E-state index >= 15 is 0 Å². The van der Waals surface area contributed by atoms with Crippen LogP contribution in [0, 0.1) is 18.3 Å². The Kier molecular flexibility index (Phi) is 10.0. The fraction of sp³-hybridized carbons (Fsp3) is 0.553. The van der Waals surface area contributed by atoms with Crippen LogP contribution in [0.1, 0.15) is 95.2 Å². The van der Waals surface area contributed by atoms with Crippen LogP contribution in [0.15, 0.2) is 53.9 Å². The van der Waals surface area contributed by atoms with Crippen LogP contribution >= 0.6 is 0 Å². The first-order valence-corrected chi connectivity index (χ1v) is 17.5. The maximum atomic E-state index is 14.5. The number of benzene rings is 1. The zero-order valence-electron chi connectivity index (χ0n) is 28.8. The lowest BCUT2D eigenvalue weighted by molar-refractivity contribution is -0.123. The number of aromatic nitrogens is 3. The summed E-state index contributed by atoms with van der Waals surface area (Å²) in [7, 11) is 1.72. The Morgan fingerprint density at radius 3 is 2.42 bits per heavy atom. The molecule has 1 aromatic carbocycles. The first kappa shape index (κ1) is 33.8. The number of methoxy groups -OCH3 is 1. The van der Waals surface area contributed by atoms with Crippen LogP contribution in [-0.2, 0) is 14.9 Å². The van der Waals surface area contributed by atoms with Crippen LogP contribution in [0.2, 0.25) is 0 Å². The van der Waals surface area contributed by atoms with Gasteiger partial charge in [-0.1, -0.05) is 12.1 Å². The minimum Gasteiger partial charge on any atom is -0.496 e. The Bertz CT molecular complexity index is 1630. The zero-order chi connectivity index (χ0) is 33.9. The van der Waals surface area contributed by atoms with Crippen molar-refractivity contribution >= 4 is 23.5 Å². The summed E-state index contributed by atoms with van der Waals surface area (Å²) in [5.41, 5.74) is 5.55. The highest BCUT2D eigenvalue weighted by Crippen LogP contribution is 2.58. The Hall–Kier alpha value is -4.05. The third-order valence-corrected chi connectivity index (χ3v) is 11.1. The summed E-state index contributed by atoms with van der Waals surface area (Å²) in [4.78, 5) is 37.4. The minimum atomic E-state index is -0.679. The molecule has 1 N–H and O–H groups in total. The Balaban J connectivity index is 1.23. The minimum absolute atomic E-state index is 0.0386. The van der Waals surface area contributed by atoms with Crippen LogP contribution in [-0.4, -0.2) is 64.5 Å². The maximum absolute atomic E-state index is 14.5. The van der Waals surface area contributed by atoms with Gasteiger partial charge >= 0.3 is 6.09 Å². The van der Waals surface area contributed by atoms with E-state index in [-0.39, 0.29) is 41.9 Å². The average molecular weight is 656 g/mol. The van der Waals surface area contributed by atoms with E-state index in [0.717, 1.165) is 61.1 Å². The van der Waals surface area contributed by atoms with Gasteiger partial charge in [-0.05, 0) is 131 Å². The molecular weight excluding hydrogens is 606 g/mol. The van der Waals surface area contributed by atoms with Crippen molar-refractivity contribution in [2.75, 3.05) is 31.8 Å². The molecule has 2 heterocycles. The first-order chi connectivity index (χ1) is 23.1. The quantitative estimate of drug-likeness (QED) is 0.245. The van der Waals surface area contributed by atoms with Gasteiger partial charge in [-0.15, -0.1) is 0 Å². The normalized spacial score (nSPS) is 23.6. The van der Waals surface area contributed by atoms with Gasteiger partial charge in [0.1, 0.15) is 18.2 Å². The Labute approximate surface area is 283 Å². The van der Waals surface area contributed by atoms with Crippen molar-refractivity contribution in [1.82, 2.24) is 14.8 Å². The van der Waals surface area contributed by atoms with Crippen molar-refractivity contribution in [3.63, 3.8) is 0 Å². The summed E-state index contributed by atoms with van der Waals surface area (Å²) in [5.74, 6) is 1.53. The number of carbonyl (C=O) groups excluding carboxylic acids is 2. The SMILES string of the molecule is COc1ccc(C23CCC(CN(C(=O)C4CCC(=NC(=O)OCCO)CC4)c4cc(-c5cnn(C(C)C)c5)ccn4)(CC2)CC3)cc1C. The van der Waals surface area contributed by atoms with Crippen molar-refractivity contribution in [3.8, 4) is 16.9 Å². The van der Waals surface area contributed by atoms with E-state index in [2.05, 4.69) is 49.1 Å². The Morgan fingerprint density at radius 1 is 1.06 bits per heavy atom. The summed E-state index contributed by atoms with van der Waals surface area (Å²) >= 11 is 0. The van der Waals surface area contributed by atoms with Gasteiger partial charge in [0, 0.05) is 42.2 Å². The zero-order valence-corrected chi connectivity index (χ0v) is 28.8. The molecule has 0 unspecified atom stereocenters. The van der Waals surface area contributed by atoms with Crippen molar-refractivity contribution in [3.05, 3.63) is 60.0 Å². The van der Waals surface area contributed by atoms with Gasteiger partial charge in [0.05, 0.1) is 19.9 Å². The van der Waals surface area contributed by atoms with E-state index in [9.17, 15) is 9.59 Å². The molecule has 0 aliphatic heterocycles. The van der Waals surface area contributed by atoms with Gasteiger partial charge in [0.15, 0.2) is 0 Å². The number of aryl methyl sites for hydroxylation is 1. The molecule has 4 fully saturated rings. The molecule has 0 radical (unpaired) electrons. The number of pyridine rings is 1. The second-order valence-electron chi connectivity index (χ2n) is 14.4. The number of aliphatic hydroxyl groups excluding tert-OH is 1. The standard InChI is InChI=1S/C38H49N5O5/c1-26(2)43-24-30(23-40-43)29-11-18-39-34(22-29)42(35(45)28-5-8-32(9-6-28)41-36(46)48-20-19-44)25-37-12-15-38(16-13-37,17-14-37)31-7-10-33(47-4)27(3)21-31/h7,10-11,18,21-24,26,28,44H,5-6,8-9,12-17,19-20,25H2,1-4H3. The van der Waals surface area contributed by atoms with Crippen molar-refractivity contribution in [2.45, 2.75) is 96.4 Å². The second-order valence-corrected chi connectivity index (χ2v) is 14.4. The van der Waals surface area contributed by atoms with E-state index in [1.165, 1.54) is 11.1 Å². The lowest BCUT2D eigenvalue weighted by Crippen LogP contribution is -2.52. The molecule has 0 saturated heterocycles. The Morgan fingerprint density at radius 2 is 1.79 bits per heavy atom. The summed E-state index contributed by atoms with van der Waals surface area (Å²) < 4.78 is 12.4. The number of hydrogen-bond acceptors (Lipinski definition) is 7. The molecule has 2 amide bonds. The molecule has 10 nitrogen and oxygen atoms in total. The van der Waals surface area contributed by atoms with E-state index in [0.29, 0.717) is 38.0 Å². The summed E-state index contributed by atoms with van der Waals surface area (Å²) in [5, 5.41) is 13.5. The van der Waals surface area contributed by atoms with E-state index < -0.39 is 6.09 Å². The highest BCUT2D eigenvalue weighted by atomic mass is 16.6. The molecule has 0 atom stereocenters. The predicted molar refractivity (Wildman–Crippen MR) is 186 cm³/mol. The van der Waals surface area contributed by atoms with Crippen LogP contribution in [0.4, 0.5) is 10.6 Å². The molecular formula is C38H49N5O5. The van der Waals surface area contributed by atoms with Crippen molar-refractivity contribution in [2.24, 2.45) is 16.3 Å². The molecule has 4 saturated carbocycles. The number of nitrogens with zero attached hydrogens (tertiary/aromatic N) is 5. The van der Waals surface area contributed by atoms with Crippen LogP contribution in [0.3, 0.4) is 0 Å². The monoisotopic (exact) mass is 655 g/mol. The number of amides is 2. The lowest BCUT2D eigenvalue weighted by atomic mass is 9.51. The molecule has 4 aliphatic rings. The number of hydrogen-bond donors (Lipinski definition) is 1. The number of rotatable bonds is 10. The number of aliphatic imine (C=N–C) groups is 1. The first-order valence-electron chi connectivity index (χ1n) is 17.5. The van der Waals surface area contributed by atoms with Gasteiger partial charge in [-0.3, -0.25) is 14.4 Å². The number of fused-ring (bicyclic) bond motifs is 3. The van der Waals surface area contributed by atoms with E-state index in [1.807, 2.05) is 34.1 Å². The van der Waals surface area contributed by atoms with Crippen molar-refractivity contribution in [1.29, 1.82) is 0 Å². The van der Waals surface area contributed by atoms with Gasteiger partial charge in [-0.2, -0.15) is 10.1 Å². The summed E-state index contributed by atoms with van der Waals surface area (Å²) in [6.07, 6.45) is 14.0. The number of ether oxygens (including phenoxy) is 2. The maximum Gasteiger partial charge on any atom is 0.433 e. The molecule has 4 aliphatic carbocycles. The fourth-order valence-corrected chi connectivity index (χ4v) is 8.09. The van der Waals surface area contributed by atoms with Gasteiger partial charge in [0.25, 0.3) is 0 Å². The summed E-state index contributed by atoms with van der Waals surface area (Å²) in [6.45, 7) is 6.67. The van der Waals surface area contributed by atoms with E-state index in [4.69, 9.17) is 19.6 Å². The smallest absolute Gasteiger partial charge is 0.433 e. The average Bonchev–Trinajstić information content (AvgIpc) is 3.62. The molecule has 7 rings (SSSR count). The summed E-state index contributed by atoms with van der Waals surface area (Å²) in [6, 6.07) is 11.0.